The molecule has 0 saturated heterocycles. The van der Waals surface area contributed by atoms with Gasteiger partial charge < -0.3 is 5.32 Å². The molecule has 0 aromatic carbocycles. The molecule has 1 aliphatic carbocycles. The second-order valence-electron chi connectivity index (χ2n) is 5.05. The SMILES string of the molecule is O=C(NC1CCCCC1)c1ccnc(-n2cncn2)c1. The van der Waals surface area contributed by atoms with Crippen LogP contribution in [-0.4, -0.2) is 31.7 Å². The van der Waals surface area contributed by atoms with E-state index in [2.05, 4.69) is 20.4 Å². The Labute approximate surface area is 117 Å². The fourth-order valence-electron chi connectivity index (χ4n) is 2.53. The fourth-order valence-corrected chi connectivity index (χ4v) is 2.53. The van der Waals surface area contributed by atoms with Gasteiger partial charge in [0.05, 0.1) is 0 Å². The Morgan fingerprint density at radius 2 is 2.15 bits per heavy atom. The van der Waals surface area contributed by atoms with Crippen LogP contribution in [-0.2, 0) is 0 Å². The molecule has 1 saturated carbocycles. The number of amides is 1. The molecule has 0 aliphatic heterocycles. The summed E-state index contributed by atoms with van der Waals surface area (Å²) < 4.78 is 1.54. The van der Waals surface area contributed by atoms with E-state index in [0.29, 0.717) is 17.4 Å². The Bertz CT molecular complexity index is 575. The maximum atomic E-state index is 12.3. The zero-order valence-electron chi connectivity index (χ0n) is 11.2. The molecule has 6 heteroatoms. The van der Waals surface area contributed by atoms with Crippen molar-refractivity contribution < 1.29 is 4.79 Å². The molecule has 1 fully saturated rings. The zero-order valence-corrected chi connectivity index (χ0v) is 11.2. The molecule has 2 aromatic rings. The summed E-state index contributed by atoms with van der Waals surface area (Å²) in [6.45, 7) is 0. The van der Waals surface area contributed by atoms with Crippen molar-refractivity contribution in [3.05, 3.63) is 36.5 Å². The third-order valence-corrected chi connectivity index (χ3v) is 3.60. The smallest absolute Gasteiger partial charge is 0.251 e. The summed E-state index contributed by atoms with van der Waals surface area (Å²) in [7, 11) is 0. The van der Waals surface area contributed by atoms with Gasteiger partial charge in [-0.15, -0.1) is 0 Å². The van der Waals surface area contributed by atoms with Gasteiger partial charge >= 0.3 is 0 Å². The van der Waals surface area contributed by atoms with Crippen LogP contribution in [0.25, 0.3) is 5.82 Å². The normalized spacial score (nSPS) is 16.0. The second-order valence-corrected chi connectivity index (χ2v) is 5.05. The molecule has 2 heterocycles. The number of nitrogens with zero attached hydrogens (tertiary/aromatic N) is 4. The summed E-state index contributed by atoms with van der Waals surface area (Å²) in [5, 5.41) is 7.11. The van der Waals surface area contributed by atoms with Crippen LogP contribution in [0, 0.1) is 0 Å². The standard InChI is InChI=1S/C14H17N5O/c20-14(18-12-4-2-1-3-5-12)11-6-7-16-13(8-11)19-10-15-9-17-19/h6-10,12H,1-5H2,(H,18,20). The van der Waals surface area contributed by atoms with E-state index < -0.39 is 0 Å². The number of nitrogens with one attached hydrogen (secondary N) is 1. The molecule has 6 nitrogen and oxygen atoms in total. The molecule has 20 heavy (non-hydrogen) atoms. The summed E-state index contributed by atoms with van der Waals surface area (Å²) in [5.41, 5.74) is 0.607. The Kier molecular flexibility index (Phi) is 3.71. The molecule has 1 aliphatic rings. The van der Waals surface area contributed by atoms with Crippen LogP contribution >= 0.6 is 0 Å². The van der Waals surface area contributed by atoms with Crippen LogP contribution in [0.1, 0.15) is 42.5 Å². The number of rotatable bonds is 3. The molecule has 0 atom stereocenters. The van der Waals surface area contributed by atoms with E-state index in [0.717, 1.165) is 12.8 Å². The lowest BCUT2D eigenvalue weighted by molar-refractivity contribution is 0.0927. The maximum Gasteiger partial charge on any atom is 0.251 e. The Hall–Kier alpha value is -2.24. The van der Waals surface area contributed by atoms with Gasteiger partial charge in [0.2, 0.25) is 0 Å². The predicted molar refractivity (Wildman–Crippen MR) is 73.5 cm³/mol. The highest BCUT2D eigenvalue weighted by Gasteiger charge is 2.17. The van der Waals surface area contributed by atoms with E-state index in [1.54, 1.807) is 24.7 Å². The number of hydrogen-bond acceptors (Lipinski definition) is 4. The van der Waals surface area contributed by atoms with Gasteiger partial charge in [-0.05, 0) is 25.0 Å². The molecule has 0 radical (unpaired) electrons. The molecule has 2 aromatic heterocycles. The van der Waals surface area contributed by atoms with Crippen molar-refractivity contribution in [3.63, 3.8) is 0 Å². The Balaban J connectivity index is 1.73. The molecule has 1 amide bonds. The van der Waals surface area contributed by atoms with Gasteiger partial charge in [0, 0.05) is 17.8 Å². The summed E-state index contributed by atoms with van der Waals surface area (Å²) in [6, 6.07) is 3.75. The van der Waals surface area contributed by atoms with E-state index in [1.165, 1.54) is 30.3 Å². The highest BCUT2D eigenvalue weighted by atomic mass is 16.1. The largest absolute Gasteiger partial charge is 0.349 e. The number of carbonyl (C=O) groups is 1. The fraction of sp³-hybridized carbons (Fsp3) is 0.429. The van der Waals surface area contributed by atoms with Crippen LogP contribution < -0.4 is 5.32 Å². The van der Waals surface area contributed by atoms with E-state index >= 15 is 0 Å². The Morgan fingerprint density at radius 3 is 2.90 bits per heavy atom. The second kappa shape index (κ2) is 5.81. The lowest BCUT2D eigenvalue weighted by Crippen LogP contribution is -2.36. The highest BCUT2D eigenvalue weighted by Crippen LogP contribution is 2.18. The minimum atomic E-state index is -0.0411. The first-order chi connectivity index (χ1) is 9.83. The number of aromatic nitrogens is 4. The first-order valence-electron chi connectivity index (χ1n) is 6.95. The van der Waals surface area contributed by atoms with Crippen LogP contribution in [0.3, 0.4) is 0 Å². The van der Waals surface area contributed by atoms with E-state index in [4.69, 9.17) is 0 Å². The van der Waals surface area contributed by atoms with Crippen molar-refractivity contribution >= 4 is 5.91 Å². The van der Waals surface area contributed by atoms with Gasteiger partial charge in [-0.2, -0.15) is 5.10 Å². The predicted octanol–water partition coefficient (Wildman–Crippen LogP) is 1.72. The first-order valence-corrected chi connectivity index (χ1v) is 6.95. The average Bonchev–Trinajstić information content (AvgIpc) is 3.03. The topological polar surface area (TPSA) is 72.7 Å². The van der Waals surface area contributed by atoms with Crippen molar-refractivity contribution in [2.75, 3.05) is 0 Å². The lowest BCUT2D eigenvalue weighted by Gasteiger charge is -2.22. The van der Waals surface area contributed by atoms with E-state index in [-0.39, 0.29) is 5.91 Å². The first kappa shape index (κ1) is 12.8. The average molecular weight is 271 g/mol. The number of pyridine rings is 1. The van der Waals surface area contributed by atoms with Crippen molar-refractivity contribution in [2.45, 2.75) is 38.1 Å². The molecule has 0 spiro atoms. The van der Waals surface area contributed by atoms with Gasteiger partial charge in [-0.1, -0.05) is 19.3 Å². The minimum Gasteiger partial charge on any atom is -0.349 e. The van der Waals surface area contributed by atoms with Crippen molar-refractivity contribution in [2.24, 2.45) is 0 Å². The third-order valence-electron chi connectivity index (χ3n) is 3.60. The zero-order chi connectivity index (χ0) is 13.8. The van der Waals surface area contributed by atoms with E-state index in [1.807, 2.05) is 0 Å². The van der Waals surface area contributed by atoms with Crippen LogP contribution in [0.4, 0.5) is 0 Å². The van der Waals surface area contributed by atoms with Gasteiger partial charge in [-0.25, -0.2) is 14.6 Å². The maximum absolute atomic E-state index is 12.3. The highest BCUT2D eigenvalue weighted by molar-refractivity contribution is 5.94. The summed E-state index contributed by atoms with van der Waals surface area (Å²) in [6.07, 6.45) is 10.4. The molecule has 3 rings (SSSR count). The third kappa shape index (κ3) is 2.84. The molecule has 1 N–H and O–H groups in total. The molecule has 0 unspecified atom stereocenters. The van der Waals surface area contributed by atoms with Crippen LogP contribution in [0.5, 0.6) is 0 Å². The molecule has 0 bridgehead atoms. The summed E-state index contributed by atoms with van der Waals surface area (Å²) in [5.74, 6) is 0.555. The monoisotopic (exact) mass is 271 g/mol. The Morgan fingerprint density at radius 1 is 1.30 bits per heavy atom. The van der Waals surface area contributed by atoms with Gasteiger partial charge in [-0.3, -0.25) is 4.79 Å². The minimum absolute atomic E-state index is 0.0411. The van der Waals surface area contributed by atoms with Gasteiger partial charge in [0.1, 0.15) is 12.7 Å². The van der Waals surface area contributed by atoms with Gasteiger partial charge in [0.25, 0.3) is 5.91 Å². The van der Waals surface area contributed by atoms with Crippen LogP contribution in [0.2, 0.25) is 0 Å². The van der Waals surface area contributed by atoms with E-state index in [9.17, 15) is 4.79 Å². The molecular formula is C14H17N5O. The summed E-state index contributed by atoms with van der Waals surface area (Å²) in [4.78, 5) is 20.3. The quantitative estimate of drug-likeness (QED) is 0.922. The number of carbonyl (C=O) groups excluding carboxylic acids is 1. The van der Waals surface area contributed by atoms with Crippen molar-refractivity contribution in [3.8, 4) is 5.82 Å². The van der Waals surface area contributed by atoms with Crippen molar-refractivity contribution in [1.82, 2.24) is 25.1 Å². The number of hydrogen-bond donors (Lipinski definition) is 1. The summed E-state index contributed by atoms with van der Waals surface area (Å²) >= 11 is 0. The molecule has 104 valence electrons. The van der Waals surface area contributed by atoms with Crippen molar-refractivity contribution in [1.29, 1.82) is 0 Å². The molecular weight excluding hydrogens is 254 g/mol. The lowest BCUT2D eigenvalue weighted by atomic mass is 9.95. The van der Waals surface area contributed by atoms with Crippen LogP contribution in [0.15, 0.2) is 31.0 Å². The van der Waals surface area contributed by atoms with Gasteiger partial charge in [0.15, 0.2) is 5.82 Å².